The number of hydrogen-bond donors (Lipinski definition) is 2. The molecule has 1 fully saturated rings. The zero-order chi connectivity index (χ0) is 19.5. The van der Waals surface area contributed by atoms with Crippen LogP contribution < -0.4 is 10.6 Å². The molecular formula is C23H24N2O3. The first-order chi connectivity index (χ1) is 13.6. The predicted molar refractivity (Wildman–Crippen MR) is 111 cm³/mol. The van der Waals surface area contributed by atoms with Crippen molar-refractivity contribution in [3.63, 3.8) is 0 Å². The second-order valence-corrected chi connectivity index (χ2v) is 7.45. The molecule has 0 atom stereocenters. The lowest BCUT2D eigenvalue weighted by Crippen LogP contribution is -2.25. The Balaban J connectivity index is 1.63. The lowest BCUT2D eigenvalue weighted by atomic mass is 9.88. The molecule has 2 amide bonds. The van der Waals surface area contributed by atoms with E-state index in [1.807, 2.05) is 49.4 Å². The van der Waals surface area contributed by atoms with Crippen LogP contribution in [0.15, 0.2) is 52.9 Å². The molecule has 3 aromatic rings. The van der Waals surface area contributed by atoms with Gasteiger partial charge in [-0.3, -0.25) is 9.59 Å². The summed E-state index contributed by atoms with van der Waals surface area (Å²) >= 11 is 0. The van der Waals surface area contributed by atoms with Crippen molar-refractivity contribution in [3.8, 4) is 0 Å². The molecule has 5 nitrogen and oxygen atoms in total. The van der Waals surface area contributed by atoms with Crippen molar-refractivity contribution in [2.75, 3.05) is 10.6 Å². The van der Waals surface area contributed by atoms with E-state index in [4.69, 9.17) is 4.42 Å². The van der Waals surface area contributed by atoms with E-state index in [9.17, 15) is 9.59 Å². The summed E-state index contributed by atoms with van der Waals surface area (Å²) in [6.45, 7) is 1.99. The van der Waals surface area contributed by atoms with E-state index in [1.165, 1.54) is 6.42 Å². The molecule has 0 radical (unpaired) electrons. The Bertz CT molecular complexity index is 998. The largest absolute Gasteiger partial charge is 0.449 e. The number of nitrogens with one attached hydrogen (secondary N) is 2. The topological polar surface area (TPSA) is 71.3 Å². The highest BCUT2D eigenvalue weighted by Crippen LogP contribution is 2.33. The quantitative estimate of drug-likeness (QED) is 0.630. The Morgan fingerprint density at radius 2 is 1.64 bits per heavy atom. The van der Waals surface area contributed by atoms with Crippen LogP contribution >= 0.6 is 0 Å². The number of carbonyl (C=O) groups excluding carboxylic acids is 2. The van der Waals surface area contributed by atoms with Crippen LogP contribution in [0.1, 0.15) is 48.2 Å². The molecule has 4 rings (SSSR count). The van der Waals surface area contributed by atoms with Gasteiger partial charge in [0.05, 0.1) is 0 Å². The molecule has 1 aliphatic carbocycles. The average Bonchev–Trinajstić information content (AvgIpc) is 3.09. The Hall–Kier alpha value is -3.08. The highest BCUT2D eigenvalue weighted by Gasteiger charge is 2.26. The van der Waals surface area contributed by atoms with Crippen molar-refractivity contribution in [3.05, 3.63) is 59.9 Å². The molecule has 2 aromatic carbocycles. The minimum Gasteiger partial charge on any atom is -0.449 e. The van der Waals surface area contributed by atoms with Gasteiger partial charge in [0, 0.05) is 17.0 Å². The Kier molecular flexibility index (Phi) is 5.15. The zero-order valence-electron chi connectivity index (χ0n) is 16.0. The summed E-state index contributed by atoms with van der Waals surface area (Å²) < 4.78 is 5.82. The number of fused-ring (bicyclic) bond motifs is 1. The molecule has 144 valence electrons. The average molecular weight is 376 g/mol. The summed E-state index contributed by atoms with van der Waals surface area (Å²) in [6, 6.07) is 14.9. The number of rotatable bonds is 4. The summed E-state index contributed by atoms with van der Waals surface area (Å²) in [5.74, 6) is -0.281. The van der Waals surface area contributed by atoms with Crippen LogP contribution in [0.25, 0.3) is 11.0 Å². The highest BCUT2D eigenvalue weighted by molar-refractivity contribution is 6.14. The first-order valence-electron chi connectivity index (χ1n) is 9.82. The maximum absolute atomic E-state index is 12.9. The molecule has 5 heteroatoms. The van der Waals surface area contributed by atoms with Gasteiger partial charge in [0.1, 0.15) is 11.3 Å². The first-order valence-corrected chi connectivity index (χ1v) is 9.82. The van der Waals surface area contributed by atoms with E-state index in [-0.39, 0.29) is 23.5 Å². The van der Waals surface area contributed by atoms with E-state index in [2.05, 4.69) is 10.6 Å². The number of hydrogen-bond acceptors (Lipinski definition) is 3. The van der Waals surface area contributed by atoms with Gasteiger partial charge in [-0.2, -0.15) is 0 Å². The third kappa shape index (κ3) is 3.79. The zero-order valence-corrected chi connectivity index (χ0v) is 16.0. The molecule has 1 saturated carbocycles. The third-order valence-corrected chi connectivity index (χ3v) is 5.34. The molecule has 28 heavy (non-hydrogen) atoms. The smallest absolute Gasteiger partial charge is 0.293 e. The standard InChI is InChI=1S/C23H24N2O3/c1-15-11-13-17(14-12-15)24-23(27)21-20(18-9-5-6-10-19(18)28-21)25-22(26)16-7-3-2-4-8-16/h5-6,9-14,16H,2-4,7-8H2,1H3,(H,24,27)(H,25,26). The van der Waals surface area contributed by atoms with Crippen molar-refractivity contribution >= 4 is 34.2 Å². The van der Waals surface area contributed by atoms with Crippen LogP contribution in [0.3, 0.4) is 0 Å². The van der Waals surface area contributed by atoms with Gasteiger partial charge in [-0.05, 0) is 44.0 Å². The van der Waals surface area contributed by atoms with Crippen molar-refractivity contribution in [1.82, 2.24) is 0 Å². The Morgan fingerprint density at radius 1 is 0.929 bits per heavy atom. The maximum atomic E-state index is 12.9. The molecule has 0 spiro atoms. The fraction of sp³-hybridized carbons (Fsp3) is 0.304. The van der Waals surface area contributed by atoms with E-state index >= 15 is 0 Å². The van der Waals surface area contributed by atoms with E-state index in [0.717, 1.165) is 36.6 Å². The van der Waals surface area contributed by atoms with Gasteiger partial charge in [0.25, 0.3) is 5.91 Å². The van der Waals surface area contributed by atoms with Crippen LogP contribution in [-0.4, -0.2) is 11.8 Å². The van der Waals surface area contributed by atoms with Crippen LogP contribution in [0.2, 0.25) is 0 Å². The molecule has 2 N–H and O–H groups in total. The Morgan fingerprint density at radius 3 is 2.39 bits per heavy atom. The van der Waals surface area contributed by atoms with Gasteiger partial charge < -0.3 is 15.1 Å². The number of furan rings is 1. The minimum atomic E-state index is -0.376. The Labute approximate surface area is 164 Å². The van der Waals surface area contributed by atoms with Gasteiger partial charge in [-0.25, -0.2) is 0 Å². The summed E-state index contributed by atoms with van der Waals surface area (Å²) in [6.07, 6.45) is 5.12. The lowest BCUT2D eigenvalue weighted by Gasteiger charge is -2.20. The number of aryl methyl sites for hydroxylation is 1. The molecule has 1 aromatic heterocycles. The van der Waals surface area contributed by atoms with E-state index < -0.39 is 0 Å². The van der Waals surface area contributed by atoms with Crippen molar-refractivity contribution < 1.29 is 14.0 Å². The SMILES string of the molecule is Cc1ccc(NC(=O)c2oc3ccccc3c2NC(=O)C2CCCCC2)cc1. The van der Waals surface area contributed by atoms with Gasteiger partial charge in [0.15, 0.2) is 0 Å². The highest BCUT2D eigenvalue weighted by atomic mass is 16.3. The second kappa shape index (κ2) is 7.89. The van der Waals surface area contributed by atoms with Crippen LogP contribution in [0.5, 0.6) is 0 Å². The van der Waals surface area contributed by atoms with Crippen LogP contribution in [0, 0.1) is 12.8 Å². The molecule has 0 aliphatic heterocycles. The minimum absolute atomic E-state index is 0.00424. The van der Waals surface area contributed by atoms with Crippen molar-refractivity contribution in [2.45, 2.75) is 39.0 Å². The molecule has 0 saturated heterocycles. The predicted octanol–water partition coefficient (Wildman–Crippen LogP) is 5.51. The van der Waals surface area contributed by atoms with E-state index in [0.29, 0.717) is 17.0 Å². The summed E-state index contributed by atoms with van der Waals surface area (Å²) in [5, 5.41) is 6.58. The molecule has 1 heterocycles. The third-order valence-electron chi connectivity index (χ3n) is 5.34. The molecular weight excluding hydrogens is 352 g/mol. The molecule has 1 aliphatic rings. The van der Waals surface area contributed by atoms with E-state index in [1.54, 1.807) is 6.07 Å². The van der Waals surface area contributed by atoms with Crippen LogP contribution in [-0.2, 0) is 4.79 Å². The van der Waals surface area contributed by atoms with Crippen molar-refractivity contribution in [1.29, 1.82) is 0 Å². The number of para-hydroxylation sites is 1. The summed E-state index contributed by atoms with van der Waals surface area (Å²) in [4.78, 5) is 25.7. The molecule has 0 bridgehead atoms. The summed E-state index contributed by atoms with van der Waals surface area (Å²) in [7, 11) is 0. The number of anilines is 2. The molecule has 0 unspecified atom stereocenters. The van der Waals surface area contributed by atoms with Gasteiger partial charge >= 0.3 is 0 Å². The maximum Gasteiger partial charge on any atom is 0.293 e. The number of benzene rings is 2. The van der Waals surface area contributed by atoms with Gasteiger partial charge in [-0.1, -0.05) is 49.1 Å². The van der Waals surface area contributed by atoms with Crippen molar-refractivity contribution in [2.24, 2.45) is 5.92 Å². The number of amides is 2. The summed E-state index contributed by atoms with van der Waals surface area (Å²) in [5.41, 5.74) is 2.83. The fourth-order valence-corrected chi connectivity index (χ4v) is 3.74. The first kappa shape index (κ1) is 18.3. The number of carbonyl (C=O) groups is 2. The van der Waals surface area contributed by atoms with Gasteiger partial charge in [-0.15, -0.1) is 0 Å². The second-order valence-electron chi connectivity index (χ2n) is 7.45. The normalized spacial score (nSPS) is 14.8. The lowest BCUT2D eigenvalue weighted by molar-refractivity contribution is -0.120. The van der Waals surface area contributed by atoms with Crippen LogP contribution in [0.4, 0.5) is 11.4 Å². The fourth-order valence-electron chi connectivity index (χ4n) is 3.74. The van der Waals surface area contributed by atoms with Gasteiger partial charge in [0.2, 0.25) is 11.7 Å². The monoisotopic (exact) mass is 376 g/mol.